The molecule has 1 aliphatic rings. The number of ether oxygens (including phenoxy) is 1. The molecule has 1 aliphatic heterocycles. The Kier molecular flexibility index (Phi) is 3.60. The molecule has 0 saturated carbocycles. The Morgan fingerprint density at radius 3 is 2.05 bits per heavy atom. The third kappa shape index (κ3) is 2.54. The molecule has 2 aromatic carbocycles. The third-order valence-electron chi connectivity index (χ3n) is 3.44. The Labute approximate surface area is 112 Å². The molecule has 1 saturated heterocycles. The molecule has 3 atom stereocenters. The van der Waals surface area contributed by atoms with E-state index in [9.17, 15) is 5.11 Å². The van der Waals surface area contributed by atoms with Crippen molar-refractivity contribution in [1.82, 2.24) is 5.32 Å². The van der Waals surface area contributed by atoms with E-state index in [0.717, 1.165) is 11.1 Å². The maximum Gasteiger partial charge on any atom is 0.135 e. The molecule has 98 valence electrons. The molecule has 2 aromatic rings. The summed E-state index contributed by atoms with van der Waals surface area (Å²) in [6.07, 6.45) is -0.278. The lowest BCUT2D eigenvalue weighted by Gasteiger charge is -2.15. The van der Waals surface area contributed by atoms with Crippen LogP contribution in [0.25, 0.3) is 0 Å². The van der Waals surface area contributed by atoms with Gasteiger partial charge in [0, 0.05) is 0 Å². The first-order valence-corrected chi connectivity index (χ1v) is 6.51. The zero-order valence-electron chi connectivity index (χ0n) is 10.6. The molecule has 3 heteroatoms. The van der Waals surface area contributed by atoms with E-state index < -0.39 is 0 Å². The minimum absolute atomic E-state index is 0.0584. The quantitative estimate of drug-likeness (QED) is 0.885. The van der Waals surface area contributed by atoms with Crippen LogP contribution < -0.4 is 5.32 Å². The number of hydrogen-bond donors (Lipinski definition) is 2. The van der Waals surface area contributed by atoms with Gasteiger partial charge in [0.1, 0.15) is 12.3 Å². The van der Waals surface area contributed by atoms with Crippen molar-refractivity contribution in [3.8, 4) is 0 Å². The van der Waals surface area contributed by atoms with Crippen LogP contribution in [0.4, 0.5) is 0 Å². The van der Waals surface area contributed by atoms with E-state index in [0.29, 0.717) is 0 Å². The fourth-order valence-corrected chi connectivity index (χ4v) is 2.47. The maximum atomic E-state index is 9.52. The largest absolute Gasteiger partial charge is 0.395 e. The first kappa shape index (κ1) is 12.4. The van der Waals surface area contributed by atoms with Crippen LogP contribution in [0.1, 0.15) is 23.5 Å². The summed E-state index contributed by atoms with van der Waals surface area (Å²) in [6.45, 7) is 0.0584. The minimum atomic E-state index is -0.163. The lowest BCUT2D eigenvalue weighted by atomic mass is 10.0. The van der Waals surface area contributed by atoms with Gasteiger partial charge in [-0.25, -0.2) is 0 Å². The Morgan fingerprint density at radius 1 is 0.895 bits per heavy atom. The fraction of sp³-hybridized carbons (Fsp3) is 0.250. The first-order valence-electron chi connectivity index (χ1n) is 6.51. The van der Waals surface area contributed by atoms with Crippen molar-refractivity contribution in [1.29, 1.82) is 0 Å². The Bertz CT molecular complexity index is 515. The lowest BCUT2D eigenvalue weighted by molar-refractivity contribution is 0.0318. The minimum Gasteiger partial charge on any atom is -0.395 e. The highest BCUT2D eigenvalue weighted by Crippen LogP contribution is 2.34. The second-order valence-electron chi connectivity index (χ2n) is 4.71. The van der Waals surface area contributed by atoms with Gasteiger partial charge in [0.15, 0.2) is 0 Å². The summed E-state index contributed by atoms with van der Waals surface area (Å²) in [5, 5.41) is 12.9. The van der Waals surface area contributed by atoms with Gasteiger partial charge in [0.05, 0.1) is 12.6 Å². The van der Waals surface area contributed by atoms with Crippen LogP contribution >= 0.6 is 0 Å². The summed E-state index contributed by atoms with van der Waals surface area (Å²) in [5.41, 5.74) is 2.17. The zero-order chi connectivity index (χ0) is 13.1. The number of nitrogens with one attached hydrogen (secondary N) is 1. The Balaban J connectivity index is 1.83. The number of hydrogen-bond acceptors (Lipinski definition) is 3. The summed E-state index contributed by atoms with van der Waals surface area (Å²) in [7, 11) is 0. The molecule has 1 fully saturated rings. The van der Waals surface area contributed by atoms with E-state index in [-0.39, 0.29) is 25.0 Å². The Hall–Kier alpha value is -1.68. The molecule has 0 aromatic heterocycles. The lowest BCUT2D eigenvalue weighted by Crippen LogP contribution is -2.30. The normalized spacial score (nSPS) is 26.5. The van der Waals surface area contributed by atoms with E-state index in [1.807, 2.05) is 60.7 Å². The average Bonchev–Trinajstić information content (AvgIpc) is 2.93. The molecule has 1 unspecified atom stereocenters. The van der Waals surface area contributed by atoms with Gasteiger partial charge in [-0.3, -0.25) is 5.32 Å². The molecule has 0 aliphatic carbocycles. The van der Waals surface area contributed by atoms with Crippen molar-refractivity contribution >= 4 is 0 Å². The molecular weight excluding hydrogens is 238 g/mol. The van der Waals surface area contributed by atoms with Gasteiger partial charge in [-0.1, -0.05) is 60.7 Å². The van der Waals surface area contributed by atoms with E-state index in [4.69, 9.17) is 4.74 Å². The highest BCUT2D eigenvalue weighted by atomic mass is 16.5. The van der Waals surface area contributed by atoms with Crippen LogP contribution in [0.15, 0.2) is 60.7 Å². The highest BCUT2D eigenvalue weighted by molar-refractivity contribution is 5.23. The summed E-state index contributed by atoms with van der Waals surface area (Å²) >= 11 is 0. The van der Waals surface area contributed by atoms with Crippen molar-refractivity contribution in [3.05, 3.63) is 71.8 Å². The first-order chi connectivity index (χ1) is 9.38. The molecule has 2 N–H and O–H groups in total. The topological polar surface area (TPSA) is 41.5 Å². The second kappa shape index (κ2) is 5.53. The highest BCUT2D eigenvalue weighted by Gasteiger charge is 2.35. The van der Waals surface area contributed by atoms with Crippen LogP contribution in [-0.2, 0) is 4.74 Å². The molecule has 0 bridgehead atoms. The summed E-state index contributed by atoms with van der Waals surface area (Å²) in [6, 6.07) is 20.0. The Morgan fingerprint density at radius 2 is 1.47 bits per heavy atom. The van der Waals surface area contributed by atoms with Gasteiger partial charge in [0.2, 0.25) is 0 Å². The van der Waals surface area contributed by atoms with E-state index >= 15 is 0 Å². The molecule has 3 nitrogen and oxygen atoms in total. The maximum absolute atomic E-state index is 9.52. The average molecular weight is 255 g/mol. The predicted octanol–water partition coefficient (Wildman–Crippen LogP) is 2.41. The molecule has 0 spiro atoms. The van der Waals surface area contributed by atoms with Crippen molar-refractivity contribution in [2.75, 3.05) is 6.61 Å². The number of benzene rings is 2. The molecule has 0 radical (unpaired) electrons. The molecule has 19 heavy (non-hydrogen) atoms. The number of rotatable bonds is 3. The molecular formula is C16H17NO2. The standard InChI is InChI=1S/C16H17NO2/c18-11-14-15(12-7-3-1-4-8-12)19-16(17-14)13-9-5-2-6-10-13/h1-10,14-18H,11H2/t14-,15?,16-/m0/s1. The van der Waals surface area contributed by atoms with Gasteiger partial charge in [-0.2, -0.15) is 0 Å². The number of aliphatic hydroxyl groups excluding tert-OH is 1. The molecule has 1 heterocycles. The summed E-state index contributed by atoms with van der Waals surface area (Å²) in [5.74, 6) is 0. The van der Waals surface area contributed by atoms with Gasteiger partial charge in [-0.05, 0) is 11.1 Å². The molecule has 0 amide bonds. The van der Waals surface area contributed by atoms with Gasteiger partial charge < -0.3 is 9.84 Å². The van der Waals surface area contributed by atoms with Gasteiger partial charge in [-0.15, -0.1) is 0 Å². The van der Waals surface area contributed by atoms with Crippen LogP contribution in [0, 0.1) is 0 Å². The summed E-state index contributed by atoms with van der Waals surface area (Å²) in [4.78, 5) is 0. The third-order valence-corrected chi connectivity index (χ3v) is 3.44. The van der Waals surface area contributed by atoms with Crippen LogP contribution in [0.3, 0.4) is 0 Å². The van der Waals surface area contributed by atoms with E-state index in [2.05, 4.69) is 5.32 Å². The van der Waals surface area contributed by atoms with Crippen molar-refractivity contribution < 1.29 is 9.84 Å². The van der Waals surface area contributed by atoms with Crippen LogP contribution in [0.2, 0.25) is 0 Å². The van der Waals surface area contributed by atoms with Crippen LogP contribution in [0.5, 0.6) is 0 Å². The smallest absolute Gasteiger partial charge is 0.135 e. The van der Waals surface area contributed by atoms with Crippen molar-refractivity contribution in [2.24, 2.45) is 0 Å². The van der Waals surface area contributed by atoms with E-state index in [1.54, 1.807) is 0 Å². The fourth-order valence-electron chi connectivity index (χ4n) is 2.47. The SMILES string of the molecule is OC[C@@H]1N[C@H](c2ccccc2)OC1c1ccccc1. The number of aliphatic hydroxyl groups is 1. The predicted molar refractivity (Wildman–Crippen MR) is 73.5 cm³/mol. The summed E-state index contributed by atoms with van der Waals surface area (Å²) < 4.78 is 6.07. The van der Waals surface area contributed by atoms with Gasteiger partial charge in [0.25, 0.3) is 0 Å². The van der Waals surface area contributed by atoms with Crippen molar-refractivity contribution in [3.63, 3.8) is 0 Å². The van der Waals surface area contributed by atoms with E-state index in [1.165, 1.54) is 0 Å². The second-order valence-corrected chi connectivity index (χ2v) is 4.71. The van der Waals surface area contributed by atoms with Crippen molar-refractivity contribution in [2.45, 2.75) is 18.4 Å². The molecule has 3 rings (SSSR count). The van der Waals surface area contributed by atoms with Crippen LogP contribution in [-0.4, -0.2) is 17.8 Å². The monoisotopic (exact) mass is 255 g/mol. The van der Waals surface area contributed by atoms with Gasteiger partial charge >= 0.3 is 0 Å². The zero-order valence-corrected chi connectivity index (χ0v) is 10.6.